The molecule has 4 bridgehead atoms. The van der Waals surface area contributed by atoms with E-state index in [9.17, 15) is 9.59 Å². The van der Waals surface area contributed by atoms with E-state index in [-0.39, 0.29) is 11.5 Å². The molecule has 4 aliphatic rings. The van der Waals surface area contributed by atoms with Crippen LogP contribution in [0.25, 0.3) is 0 Å². The number of carbonyl (C=O) groups is 2. The smallest absolute Gasteiger partial charge is 0.366 e. The van der Waals surface area contributed by atoms with Crippen LogP contribution in [-0.2, 0) is 19.2 Å². The van der Waals surface area contributed by atoms with Crippen molar-refractivity contribution in [3.63, 3.8) is 0 Å². The zero-order valence-electron chi connectivity index (χ0n) is 15.7. The molecule has 4 aliphatic carbocycles. The largest absolute Gasteiger partial charge is 0.449 e. The van der Waals surface area contributed by atoms with Crippen LogP contribution in [0, 0.1) is 23.7 Å². The van der Waals surface area contributed by atoms with Gasteiger partial charge < -0.3 is 9.57 Å². The van der Waals surface area contributed by atoms with Crippen molar-refractivity contribution in [1.82, 2.24) is 5.48 Å². The van der Waals surface area contributed by atoms with Gasteiger partial charge in [-0.3, -0.25) is 4.79 Å². The van der Waals surface area contributed by atoms with Gasteiger partial charge in [-0.25, -0.2) is 4.79 Å². The molecule has 0 heterocycles. The third-order valence-corrected chi connectivity index (χ3v) is 7.57. The Morgan fingerprint density at radius 2 is 1.73 bits per heavy atom. The highest BCUT2D eigenvalue weighted by molar-refractivity contribution is 7.99. The molecule has 4 saturated carbocycles. The van der Waals surface area contributed by atoms with Crippen molar-refractivity contribution in [2.24, 2.45) is 23.7 Å². The molecule has 0 amide bonds. The summed E-state index contributed by atoms with van der Waals surface area (Å²) in [6.07, 6.45) is 6.43. The van der Waals surface area contributed by atoms with Gasteiger partial charge in [-0.05, 0) is 62.0 Å². The fourth-order valence-corrected chi connectivity index (χ4v) is 5.97. The fraction of sp³-hybridized carbons (Fsp3) is 0.895. The van der Waals surface area contributed by atoms with Crippen LogP contribution in [0.5, 0.6) is 0 Å². The molecule has 4 rings (SSSR count). The normalized spacial score (nSPS) is 34.3. The first-order valence-electron chi connectivity index (χ1n) is 9.81. The van der Waals surface area contributed by atoms with Gasteiger partial charge >= 0.3 is 11.9 Å². The first kappa shape index (κ1) is 20.3. The molecule has 148 valence electrons. The second kappa shape index (κ2) is 8.74. The SMILES string of the molecule is CCSC[C@H](OC(=O)[C@H](C)CS)C(=O)ONC12CC3CC(CC(C3)C1)C2. The number of carbonyl (C=O) groups excluding carboxylic acids is 2. The van der Waals surface area contributed by atoms with E-state index in [0.717, 1.165) is 42.8 Å². The Balaban J connectivity index is 1.56. The van der Waals surface area contributed by atoms with Crippen molar-refractivity contribution >= 4 is 36.3 Å². The highest BCUT2D eigenvalue weighted by Crippen LogP contribution is 2.55. The van der Waals surface area contributed by atoms with E-state index in [1.807, 2.05) is 6.92 Å². The van der Waals surface area contributed by atoms with Crippen LogP contribution in [0.2, 0.25) is 0 Å². The fourth-order valence-electron chi connectivity index (χ4n) is 5.17. The summed E-state index contributed by atoms with van der Waals surface area (Å²) in [4.78, 5) is 30.2. The lowest BCUT2D eigenvalue weighted by Gasteiger charge is -2.56. The predicted molar refractivity (Wildman–Crippen MR) is 106 cm³/mol. The maximum absolute atomic E-state index is 12.6. The van der Waals surface area contributed by atoms with Gasteiger partial charge in [0.05, 0.1) is 11.5 Å². The van der Waals surface area contributed by atoms with E-state index in [0.29, 0.717) is 11.5 Å². The number of nitrogens with one attached hydrogen (secondary N) is 1. The Hall–Kier alpha value is -0.400. The van der Waals surface area contributed by atoms with Gasteiger partial charge in [-0.15, -0.1) is 5.48 Å². The number of hydrogen-bond donors (Lipinski definition) is 2. The van der Waals surface area contributed by atoms with E-state index in [1.54, 1.807) is 18.7 Å². The van der Waals surface area contributed by atoms with Gasteiger partial charge in [-0.2, -0.15) is 24.4 Å². The second-order valence-corrected chi connectivity index (χ2v) is 10.1. The van der Waals surface area contributed by atoms with Crippen molar-refractivity contribution in [3.8, 4) is 0 Å². The Morgan fingerprint density at radius 1 is 1.15 bits per heavy atom. The highest BCUT2D eigenvalue weighted by Gasteiger charge is 2.51. The number of thiol groups is 1. The van der Waals surface area contributed by atoms with Crippen LogP contribution in [0.15, 0.2) is 0 Å². The third-order valence-electron chi connectivity index (χ3n) is 6.08. The maximum Gasteiger partial charge on any atom is 0.366 e. The summed E-state index contributed by atoms with van der Waals surface area (Å²) in [5.74, 6) is 2.77. The average molecular weight is 402 g/mol. The van der Waals surface area contributed by atoms with Gasteiger partial charge in [0.1, 0.15) is 0 Å². The summed E-state index contributed by atoms with van der Waals surface area (Å²) in [6.45, 7) is 3.76. The summed E-state index contributed by atoms with van der Waals surface area (Å²) >= 11 is 5.69. The number of esters is 1. The molecule has 0 aliphatic heterocycles. The summed E-state index contributed by atoms with van der Waals surface area (Å²) < 4.78 is 5.42. The number of thioether (sulfide) groups is 1. The molecule has 0 aromatic rings. The minimum absolute atomic E-state index is 0.0603. The first-order chi connectivity index (χ1) is 12.4. The van der Waals surface area contributed by atoms with Crippen LogP contribution in [0.4, 0.5) is 0 Å². The summed E-state index contributed by atoms with van der Waals surface area (Å²) in [6, 6.07) is 0. The van der Waals surface area contributed by atoms with Crippen molar-refractivity contribution in [2.75, 3.05) is 17.3 Å². The zero-order chi connectivity index (χ0) is 18.7. The van der Waals surface area contributed by atoms with Crippen molar-refractivity contribution in [1.29, 1.82) is 0 Å². The van der Waals surface area contributed by atoms with Crippen molar-refractivity contribution in [3.05, 3.63) is 0 Å². The Labute approximate surface area is 166 Å². The number of ether oxygens (including phenoxy) is 1. The Morgan fingerprint density at radius 3 is 2.23 bits per heavy atom. The van der Waals surface area contributed by atoms with Gasteiger partial charge in [0, 0.05) is 11.5 Å². The monoisotopic (exact) mass is 401 g/mol. The molecule has 4 fully saturated rings. The van der Waals surface area contributed by atoms with E-state index < -0.39 is 18.0 Å². The highest BCUT2D eigenvalue weighted by atomic mass is 32.2. The second-order valence-electron chi connectivity index (χ2n) is 8.39. The molecule has 0 spiro atoms. The van der Waals surface area contributed by atoms with Crippen LogP contribution in [0.3, 0.4) is 0 Å². The maximum atomic E-state index is 12.6. The van der Waals surface area contributed by atoms with Gasteiger partial charge in [0.15, 0.2) is 0 Å². The van der Waals surface area contributed by atoms with Crippen LogP contribution < -0.4 is 5.48 Å². The molecule has 0 aromatic carbocycles. The van der Waals surface area contributed by atoms with Gasteiger partial charge in [0.2, 0.25) is 6.10 Å². The van der Waals surface area contributed by atoms with Gasteiger partial charge in [0.25, 0.3) is 0 Å². The molecule has 26 heavy (non-hydrogen) atoms. The van der Waals surface area contributed by atoms with Crippen LogP contribution >= 0.6 is 24.4 Å². The van der Waals surface area contributed by atoms with Crippen LogP contribution in [-0.4, -0.2) is 40.8 Å². The van der Waals surface area contributed by atoms with Crippen molar-refractivity contribution in [2.45, 2.75) is 64.0 Å². The first-order valence-corrected chi connectivity index (χ1v) is 11.6. The van der Waals surface area contributed by atoms with Crippen LogP contribution in [0.1, 0.15) is 52.4 Å². The Kier molecular flexibility index (Phi) is 6.83. The van der Waals surface area contributed by atoms with E-state index in [4.69, 9.17) is 9.57 Å². The average Bonchev–Trinajstić information content (AvgIpc) is 2.61. The lowest BCUT2D eigenvalue weighted by molar-refractivity contribution is -0.182. The minimum atomic E-state index is -0.865. The minimum Gasteiger partial charge on any atom is -0.449 e. The van der Waals surface area contributed by atoms with Gasteiger partial charge in [-0.1, -0.05) is 13.8 Å². The van der Waals surface area contributed by atoms with E-state index >= 15 is 0 Å². The molecule has 5 nitrogen and oxygen atoms in total. The molecule has 1 N–H and O–H groups in total. The number of hydrogen-bond acceptors (Lipinski definition) is 7. The Bertz CT molecular complexity index is 492. The van der Waals surface area contributed by atoms with Crippen molar-refractivity contribution < 1.29 is 19.2 Å². The third kappa shape index (κ3) is 4.71. The number of hydroxylamine groups is 1. The summed E-state index contributed by atoms with van der Waals surface area (Å²) in [5.41, 5.74) is 3.07. The molecule has 7 heteroatoms. The predicted octanol–water partition coefficient (Wildman–Crippen LogP) is 3.23. The molecular weight excluding hydrogens is 370 g/mol. The molecule has 0 aromatic heterocycles. The van der Waals surface area contributed by atoms with E-state index in [1.165, 1.54) is 19.3 Å². The lowest BCUT2D eigenvalue weighted by atomic mass is 9.53. The standard InChI is InChI=1S/C19H31NO4S2/c1-3-26-11-16(23-17(21)12(2)10-25)18(22)24-20-19-7-13-4-14(8-19)6-15(5-13)9-19/h12-16,20,25H,3-11H2,1-2H3/t12-,13?,14?,15?,16+,19?/m1/s1. The molecule has 0 unspecified atom stereocenters. The van der Waals surface area contributed by atoms with E-state index in [2.05, 4.69) is 18.1 Å². The quantitative estimate of drug-likeness (QED) is 0.351. The summed E-state index contributed by atoms with van der Waals surface area (Å²) in [5, 5.41) is 0. The molecule has 0 saturated heterocycles. The molecule has 0 radical (unpaired) electrons. The number of rotatable bonds is 9. The molecule has 2 atom stereocenters. The lowest BCUT2D eigenvalue weighted by Crippen LogP contribution is -2.59. The zero-order valence-corrected chi connectivity index (χ0v) is 17.5. The topological polar surface area (TPSA) is 64.6 Å². The summed E-state index contributed by atoms with van der Waals surface area (Å²) in [7, 11) is 0. The molecular formula is C19H31NO4S2.